The predicted octanol–water partition coefficient (Wildman–Crippen LogP) is 12.2. The Morgan fingerprint density at radius 1 is 0.510 bits per heavy atom. The van der Waals surface area contributed by atoms with E-state index in [4.69, 9.17) is 22.1 Å². The van der Waals surface area contributed by atoms with Crippen LogP contribution in [0.2, 0.25) is 0 Å². The molecule has 0 spiro atoms. The van der Waals surface area contributed by atoms with Crippen LogP contribution in [0.25, 0.3) is 104 Å². The molecule has 0 atom stereocenters. The maximum Gasteiger partial charge on any atom is 0.165 e. The van der Waals surface area contributed by atoms with E-state index in [0.717, 1.165) is 53.3 Å². The van der Waals surface area contributed by atoms with Gasteiger partial charge in [0.25, 0.3) is 0 Å². The summed E-state index contributed by atoms with van der Waals surface area (Å²) in [7, 11) is 0. The topological polar surface area (TPSA) is 56.7 Å². The highest BCUT2D eigenvalue weighted by Gasteiger charge is 2.19. The second-order valence-corrected chi connectivity index (χ2v) is 13.6. The van der Waals surface area contributed by atoms with Gasteiger partial charge in [-0.3, -0.25) is 0 Å². The van der Waals surface area contributed by atoms with Crippen molar-refractivity contribution >= 4 is 75.3 Å². The molecule has 6 heteroatoms. The summed E-state index contributed by atoms with van der Waals surface area (Å²) < 4.78 is 46.6. The van der Waals surface area contributed by atoms with Crippen LogP contribution in [0.3, 0.4) is 0 Å². The highest BCUT2D eigenvalue weighted by atomic mass is 32.1. The fraction of sp³-hybridized carbons (Fsp3) is 0. The molecule has 0 aliphatic carbocycles. The summed E-state index contributed by atoms with van der Waals surface area (Å²) in [6.07, 6.45) is 0. The molecule has 0 fully saturated rings. The minimum Gasteiger partial charge on any atom is -0.456 e. The first-order chi connectivity index (χ1) is 26.9. The van der Waals surface area contributed by atoms with Gasteiger partial charge in [-0.05, 0) is 54.6 Å². The van der Waals surface area contributed by atoms with Crippen molar-refractivity contribution in [3.63, 3.8) is 0 Å². The van der Waals surface area contributed by atoms with Gasteiger partial charge in [-0.15, -0.1) is 11.3 Å². The second-order valence-electron chi connectivity index (χ2n) is 12.5. The number of benzene rings is 7. The summed E-state index contributed by atoms with van der Waals surface area (Å²) >= 11 is 1.68. The van der Waals surface area contributed by atoms with E-state index in [2.05, 4.69) is 18.2 Å². The number of furan rings is 1. The van der Waals surface area contributed by atoms with Gasteiger partial charge < -0.3 is 8.98 Å². The van der Waals surface area contributed by atoms with E-state index in [0.29, 0.717) is 44.6 Å². The zero-order valence-electron chi connectivity index (χ0n) is 30.8. The molecule has 51 heavy (non-hydrogen) atoms. The summed E-state index contributed by atoms with van der Waals surface area (Å²) in [6.45, 7) is 0. The Labute approximate surface area is 301 Å². The molecule has 0 N–H and O–H groups in total. The van der Waals surface area contributed by atoms with Gasteiger partial charge in [0.05, 0.1) is 16.5 Å². The maximum absolute atomic E-state index is 9.43. The summed E-state index contributed by atoms with van der Waals surface area (Å²) in [4.78, 5) is 15.2. The second kappa shape index (κ2) is 10.9. The highest BCUT2D eigenvalue weighted by molar-refractivity contribution is 7.26. The van der Waals surface area contributed by atoms with Crippen LogP contribution in [0.5, 0.6) is 0 Å². The predicted molar refractivity (Wildman–Crippen MR) is 211 cm³/mol. The molecular weight excluding hydrogens is 645 g/mol. The zero-order chi connectivity index (χ0) is 36.9. The molecule has 0 saturated heterocycles. The number of nitrogens with zero attached hydrogens (tertiary/aromatic N) is 4. The first-order valence-corrected chi connectivity index (χ1v) is 17.4. The van der Waals surface area contributed by atoms with Gasteiger partial charge in [-0.1, -0.05) is 103 Å². The van der Waals surface area contributed by atoms with Crippen molar-refractivity contribution < 1.29 is 9.90 Å². The lowest BCUT2D eigenvalue weighted by molar-refractivity contribution is 0.669. The van der Waals surface area contributed by atoms with Crippen molar-refractivity contribution in [3.8, 4) is 39.9 Å². The van der Waals surface area contributed by atoms with E-state index in [-0.39, 0.29) is 30.0 Å². The molecule has 0 radical (unpaired) electrons. The minimum atomic E-state index is -0.0444. The van der Waals surface area contributed by atoms with E-state index < -0.39 is 0 Å². The van der Waals surface area contributed by atoms with Crippen LogP contribution in [0.1, 0.15) is 5.48 Å². The molecule has 0 aliphatic heterocycles. The molecular formula is C45H26N4OS. The van der Waals surface area contributed by atoms with Crippen LogP contribution in [0, 0.1) is 0 Å². The third-order valence-corrected chi connectivity index (χ3v) is 10.8. The Kier molecular flexibility index (Phi) is 5.25. The largest absolute Gasteiger partial charge is 0.456 e. The van der Waals surface area contributed by atoms with E-state index >= 15 is 0 Å². The average molecular weight is 675 g/mol. The lowest BCUT2D eigenvalue weighted by Crippen LogP contribution is -2.00. The van der Waals surface area contributed by atoms with Crippen LogP contribution in [-0.2, 0) is 0 Å². The van der Waals surface area contributed by atoms with Crippen LogP contribution < -0.4 is 0 Å². The Bertz CT molecular complexity index is 3390. The number of hydrogen-bond donors (Lipinski definition) is 0. The number of thiophene rings is 1. The van der Waals surface area contributed by atoms with Crippen LogP contribution in [-0.4, -0.2) is 19.5 Å². The first-order valence-electron chi connectivity index (χ1n) is 18.6. The minimum absolute atomic E-state index is 0.0110. The number of rotatable bonds is 4. The van der Waals surface area contributed by atoms with Gasteiger partial charge in [0.15, 0.2) is 17.5 Å². The number of aromatic nitrogens is 4. The van der Waals surface area contributed by atoms with Gasteiger partial charge in [0, 0.05) is 64.1 Å². The van der Waals surface area contributed by atoms with Gasteiger partial charge in [0.1, 0.15) is 11.2 Å². The lowest BCUT2D eigenvalue weighted by atomic mass is 10.1. The average Bonchev–Trinajstić information content (AvgIpc) is 3.90. The fourth-order valence-corrected chi connectivity index (χ4v) is 8.41. The molecule has 0 aliphatic rings. The Morgan fingerprint density at radius 3 is 2.18 bits per heavy atom. The van der Waals surface area contributed by atoms with Crippen molar-refractivity contribution in [1.82, 2.24) is 19.5 Å². The molecule has 238 valence electrons. The van der Waals surface area contributed by atoms with E-state index in [1.54, 1.807) is 23.5 Å². The van der Waals surface area contributed by atoms with E-state index in [1.165, 1.54) is 0 Å². The number of hydrogen-bond acceptors (Lipinski definition) is 5. The quantitative estimate of drug-likeness (QED) is 0.186. The Hall–Kier alpha value is -6.63. The van der Waals surface area contributed by atoms with Crippen molar-refractivity contribution in [3.05, 3.63) is 158 Å². The van der Waals surface area contributed by atoms with Crippen LogP contribution in [0.15, 0.2) is 162 Å². The standard InChI is InChI=1S/C45H26N4OS/c1-2-11-29(12-3-1)49-37-18-7-4-13-30(37)31-23-21-27(25-38(31)49)43-46-44(28-22-24-33-32-14-5-8-19-39(32)50-40(33)26-28)48-45(47-43)36-17-10-16-35-34-15-6-9-20-41(34)51-42(35)36/h1-26H/i7D,18D,21D,23D. The highest BCUT2D eigenvalue weighted by Crippen LogP contribution is 2.41. The number of fused-ring (bicyclic) bond motifs is 9. The van der Waals surface area contributed by atoms with Gasteiger partial charge in [-0.2, -0.15) is 0 Å². The molecule has 11 rings (SSSR count). The summed E-state index contributed by atoms with van der Waals surface area (Å²) in [5.41, 5.74) is 5.32. The van der Waals surface area contributed by atoms with E-state index in [9.17, 15) is 2.74 Å². The Morgan fingerprint density at radius 2 is 1.25 bits per heavy atom. The maximum atomic E-state index is 9.43. The normalized spacial score (nSPS) is 13.0. The van der Waals surface area contributed by atoms with Crippen LogP contribution >= 0.6 is 11.3 Å². The van der Waals surface area contributed by atoms with Crippen molar-refractivity contribution in [1.29, 1.82) is 0 Å². The zero-order valence-corrected chi connectivity index (χ0v) is 27.6. The van der Waals surface area contributed by atoms with Crippen molar-refractivity contribution in [2.24, 2.45) is 0 Å². The lowest BCUT2D eigenvalue weighted by Gasteiger charge is -2.11. The summed E-state index contributed by atoms with van der Waals surface area (Å²) in [5.74, 6) is 1.10. The van der Waals surface area contributed by atoms with Crippen molar-refractivity contribution in [2.75, 3.05) is 0 Å². The van der Waals surface area contributed by atoms with Gasteiger partial charge >= 0.3 is 0 Å². The smallest absolute Gasteiger partial charge is 0.165 e. The Balaban J connectivity index is 1.21. The monoisotopic (exact) mass is 674 g/mol. The molecule has 0 unspecified atom stereocenters. The third kappa shape index (κ3) is 4.37. The van der Waals surface area contributed by atoms with Gasteiger partial charge in [-0.25, -0.2) is 15.0 Å². The molecule has 0 bridgehead atoms. The molecule has 0 amide bonds. The molecule has 0 saturated carbocycles. The molecule has 11 aromatic rings. The molecule has 5 nitrogen and oxygen atoms in total. The van der Waals surface area contributed by atoms with Crippen molar-refractivity contribution in [2.45, 2.75) is 0 Å². The molecule has 7 aromatic carbocycles. The van der Waals surface area contributed by atoms with Crippen LogP contribution in [0.4, 0.5) is 0 Å². The SMILES string of the molecule is [2H]c1ccc2c3c([2H])c([2H])c(-c4nc(-c5ccc6c(c5)oc5ccccc56)nc(-c5cccc6c5sc5ccccc56)n4)cc3n(-c3ccccc3)c2c1[2H]. The fourth-order valence-electron chi connectivity index (χ4n) is 7.20. The van der Waals surface area contributed by atoms with Gasteiger partial charge in [0.2, 0.25) is 0 Å². The first kappa shape index (κ1) is 24.5. The van der Waals surface area contributed by atoms with E-state index in [1.807, 2.05) is 108 Å². The summed E-state index contributed by atoms with van der Waals surface area (Å²) in [5, 5.41) is 5.44. The molecule has 4 heterocycles. The summed E-state index contributed by atoms with van der Waals surface area (Å²) in [6, 6.07) is 43.3. The number of para-hydroxylation sites is 3. The third-order valence-electron chi connectivity index (χ3n) is 9.55. The molecule has 4 aromatic heterocycles.